The van der Waals surface area contributed by atoms with E-state index in [-0.39, 0.29) is 0 Å². The average Bonchev–Trinajstić information content (AvgIpc) is 2.77. The van der Waals surface area contributed by atoms with Crippen LogP contribution in [0.1, 0.15) is 33.6 Å². The second kappa shape index (κ2) is 6.39. The molecule has 8 heteroatoms. The molecule has 0 bridgehead atoms. The third-order valence-electron chi connectivity index (χ3n) is 3.43. The van der Waals surface area contributed by atoms with Crippen molar-refractivity contribution in [1.82, 2.24) is 9.96 Å². The summed E-state index contributed by atoms with van der Waals surface area (Å²) in [5, 5.41) is 0.447. The third-order valence-corrected chi connectivity index (χ3v) is 3.43. The Bertz CT molecular complexity index is 537. The molecule has 3 amide bonds. The van der Waals surface area contributed by atoms with E-state index >= 15 is 0 Å². The van der Waals surface area contributed by atoms with Crippen LogP contribution in [0.5, 0.6) is 0 Å². The molecule has 0 aromatic heterocycles. The molecule has 23 heavy (non-hydrogen) atoms. The molecule has 0 radical (unpaired) electrons. The first-order chi connectivity index (χ1) is 10.7. The number of imide groups is 1. The van der Waals surface area contributed by atoms with Crippen LogP contribution in [-0.4, -0.2) is 52.5 Å². The summed E-state index contributed by atoms with van der Waals surface area (Å²) in [4.78, 5) is 53.0. The van der Waals surface area contributed by atoms with Gasteiger partial charge in [-0.05, 0) is 33.6 Å². The first-order valence-electron chi connectivity index (χ1n) is 7.43. The van der Waals surface area contributed by atoms with Gasteiger partial charge in [0.25, 0.3) is 11.8 Å². The SMILES string of the molecule is CC(C)(C)OC(=O)N1CCC(C(=O)ON2C(=O)C=CC2=O)CC1. The van der Waals surface area contributed by atoms with Crippen molar-refractivity contribution >= 4 is 23.9 Å². The van der Waals surface area contributed by atoms with Gasteiger partial charge in [0, 0.05) is 25.2 Å². The number of carbonyl (C=O) groups is 4. The van der Waals surface area contributed by atoms with E-state index in [2.05, 4.69) is 0 Å². The molecule has 2 aliphatic heterocycles. The molecule has 2 heterocycles. The van der Waals surface area contributed by atoms with E-state index in [0.29, 0.717) is 31.0 Å². The van der Waals surface area contributed by atoms with Crippen LogP contribution in [0.15, 0.2) is 12.2 Å². The number of hydrogen-bond acceptors (Lipinski definition) is 6. The minimum absolute atomic E-state index is 0.356. The highest BCUT2D eigenvalue weighted by Crippen LogP contribution is 2.21. The van der Waals surface area contributed by atoms with Gasteiger partial charge in [-0.1, -0.05) is 5.06 Å². The Labute approximate surface area is 133 Å². The fourth-order valence-electron chi connectivity index (χ4n) is 2.27. The normalized spacial score (nSPS) is 19.3. The van der Waals surface area contributed by atoms with Crippen LogP contribution in [0.4, 0.5) is 4.79 Å². The molecule has 8 nitrogen and oxygen atoms in total. The van der Waals surface area contributed by atoms with E-state index in [9.17, 15) is 19.2 Å². The lowest BCUT2D eigenvalue weighted by molar-refractivity contribution is -0.200. The molecule has 0 atom stereocenters. The number of nitrogens with zero attached hydrogens (tertiary/aromatic N) is 2. The molecular weight excluding hydrogens is 304 g/mol. The molecule has 2 aliphatic rings. The molecule has 126 valence electrons. The zero-order valence-electron chi connectivity index (χ0n) is 13.4. The van der Waals surface area contributed by atoms with Crippen molar-refractivity contribution in [3.8, 4) is 0 Å². The fraction of sp³-hybridized carbons (Fsp3) is 0.600. The summed E-state index contributed by atoms with van der Waals surface area (Å²) in [5.74, 6) is -2.45. The number of likely N-dealkylation sites (tertiary alicyclic amines) is 1. The molecule has 2 rings (SSSR count). The minimum Gasteiger partial charge on any atom is -0.444 e. The van der Waals surface area contributed by atoms with Crippen LogP contribution in [0, 0.1) is 5.92 Å². The summed E-state index contributed by atoms with van der Waals surface area (Å²) in [5.41, 5.74) is -0.573. The lowest BCUT2D eigenvalue weighted by Crippen LogP contribution is -2.44. The maximum atomic E-state index is 12.0. The predicted octanol–water partition coefficient (Wildman–Crippen LogP) is 1.02. The molecule has 0 unspecified atom stereocenters. The first kappa shape index (κ1) is 17.0. The molecular formula is C15H20N2O6. The Balaban J connectivity index is 1.82. The van der Waals surface area contributed by atoms with Gasteiger partial charge in [-0.3, -0.25) is 9.59 Å². The highest BCUT2D eigenvalue weighted by Gasteiger charge is 2.34. The van der Waals surface area contributed by atoms with E-state index in [1.165, 1.54) is 4.90 Å². The van der Waals surface area contributed by atoms with Crippen molar-refractivity contribution in [3.05, 3.63) is 12.2 Å². The standard InChI is InChI=1S/C15H20N2O6/c1-15(2,3)22-14(21)16-8-6-10(7-9-16)13(20)23-17-11(18)4-5-12(17)19/h4-5,10H,6-9H2,1-3H3. The predicted molar refractivity (Wildman–Crippen MR) is 77.6 cm³/mol. The molecule has 0 spiro atoms. The third kappa shape index (κ3) is 4.30. The van der Waals surface area contributed by atoms with Gasteiger partial charge < -0.3 is 14.5 Å². The van der Waals surface area contributed by atoms with Crippen molar-refractivity contribution < 1.29 is 28.8 Å². The van der Waals surface area contributed by atoms with E-state index in [4.69, 9.17) is 9.57 Å². The number of amides is 3. The monoisotopic (exact) mass is 324 g/mol. The molecule has 0 saturated carbocycles. The van der Waals surface area contributed by atoms with E-state index in [1.54, 1.807) is 20.8 Å². The number of ether oxygens (including phenoxy) is 1. The topological polar surface area (TPSA) is 93.2 Å². The summed E-state index contributed by atoms with van der Waals surface area (Å²) in [6.45, 7) is 6.07. The van der Waals surface area contributed by atoms with E-state index < -0.39 is 35.4 Å². The zero-order valence-corrected chi connectivity index (χ0v) is 13.4. The molecule has 0 N–H and O–H groups in total. The number of hydroxylamine groups is 2. The number of carbonyl (C=O) groups excluding carboxylic acids is 4. The smallest absolute Gasteiger partial charge is 0.410 e. The number of piperidine rings is 1. The number of hydrogen-bond donors (Lipinski definition) is 0. The molecule has 1 saturated heterocycles. The lowest BCUT2D eigenvalue weighted by Gasteiger charge is -2.32. The van der Waals surface area contributed by atoms with Crippen LogP contribution in [0.3, 0.4) is 0 Å². The minimum atomic E-state index is -0.672. The second-order valence-electron chi connectivity index (χ2n) is 6.46. The van der Waals surface area contributed by atoms with Gasteiger partial charge in [-0.15, -0.1) is 0 Å². The Hall–Kier alpha value is -2.38. The van der Waals surface area contributed by atoms with Crippen molar-refractivity contribution in [2.75, 3.05) is 13.1 Å². The van der Waals surface area contributed by atoms with Crippen LogP contribution in [0.25, 0.3) is 0 Å². The van der Waals surface area contributed by atoms with Crippen molar-refractivity contribution in [2.24, 2.45) is 5.92 Å². The van der Waals surface area contributed by atoms with Gasteiger partial charge in [-0.25, -0.2) is 9.59 Å². The van der Waals surface area contributed by atoms with Gasteiger partial charge in [0.2, 0.25) is 0 Å². The Morgan fingerprint density at radius 3 is 2.09 bits per heavy atom. The summed E-state index contributed by atoms with van der Waals surface area (Å²) >= 11 is 0. The van der Waals surface area contributed by atoms with Crippen molar-refractivity contribution in [2.45, 2.75) is 39.2 Å². The van der Waals surface area contributed by atoms with Gasteiger partial charge in [-0.2, -0.15) is 0 Å². The zero-order chi connectivity index (χ0) is 17.2. The highest BCUT2D eigenvalue weighted by molar-refractivity contribution is 6.12. The van der Waals surface area contributed by atoms with Gasteiger partial charge in [0.1, 0.15) is 5.60 Å². The fourth-order valence-corrected chi connectivity index (χ4v) is 2.27. The maximum Gasteiger partial charge on any atom is 0.410 e. The van der Waals surface area contributed by atoms with Crippen LogP contribution in [-0.2, 0) is 24.0 Å². The van der Waals surface area contributed by atoms with Gasteiger partial charge >= 0.3 is 12.1 Å². The summed E-state index contributed by atoms with van der Waals surface area (Å²) in [6, 6.07) is 0. The molecule has 1 fully saturated rings. The van der Waals surface area contributed by atoms with Crippen molar-refractivity contribution in [1.29, 1.82) is 0 Å². The van der Waals surface area contributed by atoms with Crippen LogP contribution >= 0.6 is 0 Å². The molecule has 0 aromatic rings. The summed E-state index contributed by atoms with van der Waals surface area (Å²) in [7, 11) is 0. The van der Waals surface area contributed by atoms with Crippen molar-refractivity contribution in [3.63, 3.8) is 0 Å². The van der Waals surface area contributed by atoms with Gasteiger partial charge in [0.05, 0.1) is 5.92 Å². The number of rotatable bonds is 2. The lowest BCUT2D eigenvalue weighted by atomic mass is 9.97. The van der Waals surface area contributed by atoms with Crippen LogP contribution in [0.2, 0.25) is 0 Å². The Morgan fingerprint density at radius 2 is 1.61 bits per heavy atom. The first-order valence-corrected chi connectivity index (χ1v) is 7.43. The van der Waals surface area contributed by atoms with E-state index in [0.717, 1.165) is 12.2 Å². The maximum absolute atomic E-state index is 12.0. The summed E-state index contributed by atoms with van der Waals surface area (Å²) < 4.78 is 5.27. The largest absolute Gasteiger partial charge is 0.444 e. The average molecular weight is 324 g/mol. The van der Waals surface area contributed by atoms with E-state index in [1.807, 2.05) is 0 Å². The second-order valence-corrected chi connectivity index (χ2v) is 6.46. The highest BCUT2D eigenvalue weighted by atomic mass is 16.7. The molecule has 0 aliphatic carbocycles. The quantitative estimate of drug-likeness (QED) is 0.704. The summed E-state index contributed by atoms with van der Waals surface area (Å²) in [6.07, 6.45) is 2.45. The Kier molecular flexibility index (Phi) is 4.72. The van der Waals surface area contributed by atoms with Crippen LogP contribution < -0.4 is 0 Å². The Morgan fingerprint density at radius 1 is 1.09 bits per heavy atom. The molecule has 0 aromatic carbocycles. The van der Waals surface area contributed by atoms with Gasteiger partial charge in [0.15, 0.2) is 0 Å².